The van der Waals surface area contributed by atoms with Gasteiger partial charge in [-0.1, -0.05) is 43.7 Å². The highest BCUT2D eigenvalue weighted by atomic mass is 35.5. The fourth-order valence-electron chi connectivity index (χ4n) is 1.43. The van der Waals surface area contributed by atoms with E-state index in [1.165, 1.54) is 0 Å². The van der Waals surface area contributed by atoms with Crippen LogP contribution >= 0.6 is 11.6 Å². The molecular weight excluding hydrogens is 196 g/mol. The summed E-state index contributed by atoms with van der Waals surface area (Å²) in [5.41, 5.74) is 2.28. The van der Waals surface area contributed by atoms with E-state index in [0.29, 0.717) is 5.92 Å². The van der Waals surface area contributed by atoms with Crippen LogP contribution in [0.2, 0.25) is 5.02 Å². The SMILES string of the molecule is CC(C)C(=CCO)c1ccc(Cl)cc1. The molecule has 0 amide bonds. The Morgan fingerprint density at radius 1 is 1.36 bits per heavy atom. The van der Waals surface area contributed by atoms with E-state index >= 15 is 0 Å². The van der Waals surface area contributed by atoms with Crippen LogP contribution in [-0.2, 0) is 0 Å². The van der Waals surface area contributed by atoms with Crippen LogP contribution in [0.25, 0.3) is 5.57 Å². The average Bonchev–Trinajstić information content (AvgIpc) is 2.15. The van der Waals surface area contributed by atoms with Crippen molar-refractivity contribution >= 4 is 17.2 Å². The molecule has 0 spiro atoms. The minimum atomic E-state index is 0.0795. The molecule has 1 N–H and O–H groups in total. The van der Waals surface area contributed by atoms with Gasteiger partial charge in [-0.2, -0.15) is 0 Å². The van der Waals surface area contributed by atoms with Crippen molar-refractivity contribution in [2.24, 2.45) is 5.92 Å². The Balaban J connectivity index is 3.00. The first kappa shape index (κ1) is 11.3. The quantitative estimate of drug-likeness (QED) is 0.811. The normalized spacial score (nSPS) is 12.2. The number of allylic oxidation sites excluding steroid dienone is 1. The molecule has 2 heteroatoms. The predicted molar refractivity (Wildman–Crippen MR) is 61.4 cm³/mol. The third kappa shape index (κ3) is 2.86. The Morgan fingerprint density at radius 3 is 2.36 bits per heavy atom. The van der Waals surface area contributed by atoms with Crippen molar-refractivity contribution < 1.29 is 5.11 Å². The lowest BCUT2D eigenvalue weighted by Crippen LogP contribution is -1.95. The standard InChI is InChI=1S/C12H15ClO/c1-9(2)12(7-8-14)10-3-5-11(13)6-4-10/h3-7,9,14H,8H2,1-2H3. The Labute approximate surface area is 90.0 Å². The summed E-state index contributed by atoms with van der Waals surface area (Å²) in [6.07, 6.45) is 1.84. The zero-order valence-electron chi connectivity index (χ0n) is 8.50. The average molecular weight is 211 g/mol. The van der Waals surface area contributed by atoms with Crippen molar-refractivity contribution in [3.8, 4) is 0 Å². The van der Waals surface area contributed by atoms with Gasteiger partial charge in [0.25, 0.3) is 0 Å². The molecule has 0 saturated heterocycles. The van der Waals surface area contributed by atoms with Crippen molar-refractivity contribution in [1.29, 1.82) is 0 Å². The van der Waals surface area contributed by atoms with Crippen LogP contribution in [0.4, 0.5) is 0 Å². The number of aliphatic hydroxyl groups excluding tert-OH is 1. The molecule has 0 heterocycles. The molecule has 76 valence electrons. The highest BCUT2D eigenvalue weighted by Gasteiger charge is 2.05. The molecule has 0 aliphatic carbocycles. The Kier molecular flexibility index (Phi) is 4.18. The molecular formula is C12H15ClO. The second-order valence-electron chi connectivity index (χ2n) is 3.50. The first-order valence-corrected chi connectivity index (χ1v) is 5.09. The Hall–Kier alpha value is -0.790. The summed E-state index contributed by atoms with van der Waals surface area (Å²) < 4.78 is 0. The van der Waals surface area contributed by atoms with Crippen LogP contribution in [0.15, 0.2) is 30.3 Å². The van der Waals surface area contributed by atoms with E-state index in [4.69, 9.17) is 16.7 Å². The Bertz CT molecular complexity index is 312. The summed E-state index contributed by atoms with van der Waals surface area (Å²) in [5.74, 6) is 0.406. The van der Waals surface area contributed by atoms with Crippen LogP contribution in [0.1, 0.15) is 19.4 Å². The van der Waals surface area contributed by atoms with Gasteiger partial charge in [-0.05, 0) is 29.2 Å². The van der Waals surface area contributed by atoms with Crippen LogP contribution < -0.4 is 0 Å². The number of rotatable bonds is 3. The molecule has 0 saturated carbocycles. The maximum Gasteiger partial charge on any atom is 0.0618 e. The van der Waals surface area contributed by atoms with E-state index in [1.807, 2.05) is 30.3 Å². The molecule has 0 fully saturated rings. The molecule has 0 atom stereocenters. The van der Waals surface area contributed by atoms with Crippen LogP contribution in [0, 0.1) is 5.92 Å². The molecule has 1 nitrogen and oxygen atoms in total. The van der Waals surface area contributed by atoms with Gasteiger partial charge < -0.3 is 5.11 Å². The largest absolute Gasteiger partial charge is 0.392 e. The van der Waals surface area contributed by atoms with Crippen molar-refractivity contribution in [3.05, 3.63) is 40.9 Å². The highest BCUT2D eigenvalue weighted by molar-refractivity contribution is 6.30. The minimum Gasteiger partial charge on any atom is -0.392 e. The summed E-state index contributed by atoms with van der Waals surface area (Å²) in [6.45, 7) is 4.29. The first-order valence-electron chi connectivity index (χ1n) is 4.72. The van der Waals surface area contributed by atoms with Gasteiger partial charge in [-0.3, -0.25) is 0 Å². The molecule has 0 aromatic heterocycles. The van der Waals surface area contributed by atoms with E-state index < -0.39 is 0 Å². The van der Waals surface area contributed by atoms with E-state index in [0.717, 1.165) is 16.2 Å². The molecule has 0 aliphatic rings. The van der Waals surface area contributed by atoms with Crippen LogP contribution in [0.3, 0.4) is 0 Å². The van der Waals surface area contributed by atoms with Crippen molar-refractivity contribution in [2.75, 3.05) is 6.61 Å². The number of hydrogen-bond donors (Lipinski definition) is 1. The topological polar surface area (TPSA) is 20.2 Å². The highest BCUT2D eigenvalue weighted by Crippen LogP contribution is 2.23. The maximum absolute atomic E-state index is 8.90. The molecule has 0 unspecified atom stereocenters. The Morgan fingerprint density at radius 2 is 1.93 bits per heavy atom. The molecule has 1 rings (SSSR count). The minimum absolute atomic E-state index is 0.0795. The smallest absolute Gasteiger partial charge is 0.0618 e. The molecule has 0 radical (unpaired) electrons. The predicted octanol–water partition coefficient (Wildman–Crippen LogP) is 3.37. The summed E-state index contributed by atoms with van der Waals surface area (Å²) in [6, 6.07) is 7.68. The zero-order valence-corrected chi connectivity index (χ0v) is 9.25. The number of hydrogen-bond acceptors (Lipinski definition) is 1. The van der Waals surface area contributed by atoms with Crippen LogP contribution in [0.5, 0.6) is 0 Å². The van der Waals surface area contributed by atoms with Gasteiger partial charge in [0, 0.05) is 5.02 Å². The van der Waals surface area contributed by atoms with Gasteiger partial charge in [-0.25, -0.2) is 0 Å². The maximum atomic E-state index is 8.90. The second-order valence-corrected chi connectivity index (χ2v) is 3.94. The number of aliphatic hydroxyl groups is 1. The monoisotopic (exact) mass is 210 g/mol. The molecule has 1 aromatic carbocycles. The van der Waals surface area contributed by atoms with Gasteiger partial charge in [0.1, 0.15) is 0 Å². The molecule has 1 aromatic rings. The first-order chi connectivity index (χ1) is 6.65. The van der Waals surface area contributed by atoms with E-state index in [-0.39, 0.29) is 6.61 Å². The van der Waals surface area contributed by atoms with Gasteiger partial charge >= 0.3 is 0 Å². The van der Waals surface area contributed by atoms with Crippen molar-refractivity contribution in [1.82, 2.24) is 0 Å². The van der Waals surface area contributed by atoms with Crippen LogP contribution in [-0.4, -0.2) is 11.7 Å². The second kappa shape index (κ2) is 5.18. The van der Waals surface area contributed by atoms with Gasteiger partial charge in [0.2, 0.25) is 0 Å². The van der Waals surface area contributed by atoms with Crippen molar-refractivity contribution in [3.63, 3.8) is 0 Å². The molecule has 0 aliphatic heterocycles. The third-order valence-corrected chi connectivity index (χ3v) is 2.36. The van der Waals surface area contributed by atoms with E-state index in [2.05, 4.69) is 13.8 Å². The van der Waals surface area contributed by atoms with Crippen molar-refractivity contribution in [2.45, 2.75) is 13.8 Å². The zero-order chi connectivity index (χ0) is 10.6. The van der Waals surface area contributed by atoms with E-state index in [1.54, 1.807) is 0 Å². The lowest BCUT2D eigenvalue weighted by molar-refractivity contribution is 0.342. The lowest BCUT2D eigenvalue weighted by Gasteiger charge is -2.11. The number of benzene rings is 1. The molecule has 14 heavy (non-hydrogen) atoms. The van der Waals surface area contributed by atoms with E-state index in [9.17, 15) is 0 Å². The summed E-state index contributed by atoms with van der Waals surface area (Å²) in [7, 11) is 0. The fraction of sp³-hybridized carbons (Fsp3) is 0.333. The van der Waals surface area contributed by atoms with Gasteiger partial charge in [-0.15, -0.1) is 0 Å². The fourth-order valence-corrected chi connectivity index (χ4v) is 1.55. The summed E-state index contributed by atoms with van der Waals surface area (Å²) in [5, 5.41) is 9.64. The summed E-state index contributed by atoms with van der Waals surface area (Å²) >= 11 is 5.80. The molecule has 0 bridgehead atoms. The van der Waals surface area contributed by atoms with Gasteiger partial charge in [0.15, 0.2) is 0 Å². The summed E-state index contributed by atoms with van der Waals surface area (Å²) in [4.78, 5) is 0. The lowest BCUT2D eigenvalue weighted by atomic mass is 9.95. The van der Waals surface area contributed by atoms with Gasteiger partial charge in [0.05, 0.1) is 6.61 Å². The number of halogens is 1. The third-order valence-electron chi connectivity index (χ3n) is 2.11.